The van der Waals surface area contributed by atoms with Gasteiger partial charge < -0.3 is 5.32 Å². The topological polar surface area (TPSA) is 103 Å². The highest BCUT2D eigenvalue weighted by molar-refractivity contribution is 7.99. The number of nitrogens with one attached hydrogen (secondary N) is 1. The van der Waals surface area contributed by atoms with E-state index in [9.17, 15) is 13.2 Å². The van der Waals surface area contributed by atoms with E-state index in [1.165, 1.54) is 43.3 Å². The van der Waals surface area contributed by atoms with Gasteiger partial charge in [0.1, 0.15) is 4.90 Å². The van der Waals surface area contributed by atoms with Crippen LogP contribution in [0.5, 0.6) is 0 Å². The first kappa shape index (κ1) is 20.9. The van der Waals surface area contributed by atoms with Gasteiger partial charge in [0.15, 0.2) is 0 Å². The van der Waals surface area contributed by atoms with Gasteiger partial charge in [0, 0.05) is 30.1 Å². The number of thioether (sulfide) groups is 1. The van der Waals surface area contributed by atoms with Crippen molar-refractivity contribution in [2.75, 3.05) is 24.7 Å². The molecule has 7 nitrogen and oxygen atoms in total. The molecule has 9 heteroatoms. The molecule has 2 rings (SSSR count). The minimum atomic E-state index is -3.79. The van der Waals surface area contributed by atoms with Crippen LogP contribution >= 0.6 is 11.8 Å². The highest BCUT2D eigenvalue weighted by Gasteiger charge is 2.23. The molecule has 27 heavy (non-hydrogen) atoms. The molecule has 1 heterocycles. The number of hydrogen-bond acceptors (Lipinski definition) is 6. The number of sulfonamides is 1. The average molecular weight is 405 g/mol. The number of carbonyl (C=O) groups excluding carboxylic acids is 1. The number of likely N-dealkylation sites (N-methyl/N-ethyl adjacent to an activating group) is 1. The highest BCUT2D eigenvalue weighted by Crippen LogP contribution is 2.28. The minimum absolute atomic E-state index is 0.0294. The Morgan fingerprint density at radius 2 is 2.07 bits per heavy atom. The van der Waals surface area contributed by atoms with Crippen molar-refractivity contribution in [1.29, 1.82) is 5.26 Å². The van der Waals surface area contributed by atoms with Gasteiger partial charge in [0.25, 0.3) is 0 Å². The molecular weight excluding hydrogens is 384 g/mol. The van der Waals surface area contributed by atoms with Crippen molar-refractivity contribution >= 4 is 33.4 Å². The lowest BCUT2D eigenvalue weighted by Crippen LogP contribution is -2.35. The van der Waals surface area contributed by atoms with Crippen LogP contribution in [0.2, 0.25) is 0 Å². The van der Waals surface area contributed by atoms with Crippen molar-refractivity contribution in [2.45, 2.75) is 16.7 Å². The van der Waals surface area contributed by atoms with Gasteiger partial charge in [-0.2, -0.15) is 9.57 Å². The number of anilines is 1. The molecule has 0 bridgehead atoms. The summed E-state index contributed by atoms with van der Waals surface area (Å²) >= 11 is 1.47. The van der Waals surface area contributed by atoms with Gasteiger partial charge in [0.05, 0.1) is 24.2 Å². The molecule has 0 saturated carbocycles. The molecule has 0 saturated heterocycles. The van der Waals surface area contributed by atoms with Gasteiger partial charge >= 0.3 is 0 Å². The smallest absolute Gasteiger partial charge is 0.244 e. The molecule has 0 aliphatic rings. The lowest BCUT2D eigenvalue weighted by atomic mass is 10.3. The molecule has 0 radical (unpaired) electrons. The molecule has 2 aromatic rings. The number of aromatic nitrogens is 1. The number of nitrogens with zero attached hydrogens (tertiary/aromatic N) is 3. The minimum Gasteiger partial charge on any atom is -0.324 e. The zero-order valence-corrected chi connectivity index (χ0v) is 16.6. The second-order valence-electron chi connectivity index (χ2n) is 5.84. The number of carbonyl (C=O) groups is 1. The molecule has 1 atom stereocenters. The first-order valence-electron chi connectivity index (χ1n) is 8.12. The highest BCUT2D eigenvalue weighted by atomic mass is 32.2. The van der Waals surface area contributed by atoms with Crippen LogP contribution in [0.15, 0.2) is 58.6 Å². The molecule has 0 unspecified atom stereocenters. The van der Waals surface area contributed by atoms with Gasteiger partial charge in [-0.25, -0.2) is 8.42 Å². The van der Waals surface area contributed by atoms with Crippen LogP contribution in [0, 0.1) is 17.2 Å². The molecule has 0 aliphatic heterocycles. The fraction of sp³-hybridized carbons (Fsp3) is 0.278. The van der Waals surface area contributed by atoms with Crippen LogP contribution in [0.1, 0.15) is 6.92 Å². The van der Waals surface area contributed by atoms with Crippen LogP contribution in [-0.2, 0) is 14.8 Å². The third-order valence-corrected chi connectivity index (χ3v) is 6.70. The molecule has 142 valence electrons. The van der Waals surface area contributed by atoms with Gasteiger partial charge in [0.2, 0.25) is 15.9 Å². The summed E-state index contributed by atoms with van der Waals surface area (Å²) in [6.07, 6.45) is 2.72. The van der Waals surface area contributed by atoms with Gasteiger partial charge in [-0.3, -0.25) is 9.78 Å². The summed E-state index contributed by atoms with van der Waals surface area (Å²) in [5.74, 6) is 0.0273. The molecule has 1 aromatic carbocycles. The summed E-state index contributed by atoms with van der Waals surface area (Å²) < 4.78 is 25.9. The Hall–Kier alpha value is -2.41. The summed E-state index contributed by atoms with van der Waals surface area (Å²) in [6, 6.07) is 12.3. The van der Waals surface area contributed by atoms with Crippen LogP contribution < -0.4 is 5.32 Å². The maximum absolute atomic E-state index is 12.5. The Bertz CT molecular complexity index is 927. The second-order valence-corrected chi connectivity index (χ2v) is 8.94. The van der Waals surface area contributed by atoms with E-state index in [4.69, 9.17) is 5.26 Å². The number of rotatable bonds is 8. The molecule has 0 fully saturated rings. The molecule has 1 N–H and O–H groups in total. The number of hydrogen-bond donors (Lipinski definition) is 1. The van der Waals surface area contributed by atoms with Crippen molar-refractivity contribution in [3.8, 4) is 6.07 Å². The average Bonchev–Trinajstić information content (AvgIpc) is 2.67. The SMILES string of the molecule is C[C@@H](C#N)CSc1ccccc1NC(=O)CN(C)S(=O)(=O)c1cccnc1. The Balaban J connectivity index is 2.05. The number of para-hydroxylation sites is 1. The number of pyridine rings is 1. The molecular formula is C18H20N4O3S2. The zero-order chi connectivity index (χ0) is 19.9. The van der Waals surface area contributed by atoms with Crippen LogP contribution in [0.25, 0.3) is 0 Å². The maximum Gasteiger partial charge on any atom is 0.244 e. The predicted molar refractivity (Wildman–Crippen MR) is 105 cm³/mol. The second kappa shape index (κ2) is 9.50. The van der Waals surface area contributed by atoms with E-state index in [1.54, 1.807) is 12.1 Å². The lowest BCUT2D eigenvalue weighted by molar-refractivity contribution is -0.116. The van der Waals surface area contributed by atoms with Gasteiger partial charge in [-0.15, -0.1) is 11.8 Å². The Morgan fingerprint density at radius 3 is 2.74 bits per heavy atom. The van der Waals surface area contributed by atoms with Crippen LogP contribution in [0.3, 0.4) is 0 Å². The van der Waals surface area contributed by atoms with E-state index >= 15 is 0 Å². The van der Waals surface area contributed by atoms with Crippen LogP contribution in [0.4, 0.5) is 5.69 Å². The maximum atomic E-state index is 12.5. The molecule has 1 aromatic heterocycles. The summed E-state index contributed by atoms with van der Waals surface area (Å²) in [4.78, 5) is 17.0. The van der Waals surface area contributed by atoms with Crippen molar-refractivity contribution in [1.82, 2.24) is 9.29 Å². The Labute approximate surface area is 163 Å². The summed E-state index contributed by atoms with van der Waals surface area (Å²) in [6.45, 7) is 1.50. The van der Waals surface area contributed by atoms with E-state index in [0.29, 0.717) is 11.4 Å². The summed E-state index contributed by atoms with van der Waals surface area (Å²) in [5, 5.41) is 11.6. The molecule has 0 aliphatic carbocycles. The first-order chi connectivity index (χ1) is 12.8. The van der Waals surface area contributed by atoms with E-state index in [1.807, 2.05) is 19.1 Å². The molecule has 1 amide bonds. The lowest BCUT2D eigenvalue weighted by Gasteiger charge is -2.17. The fourth-order valence-electron chi connectivity index (χ4n) is 2.10. The Morgan fingerprint density at radius 1 is 1.33 bits per heavy atom. The van der Waals surface area contributed by atoms with E-state index in [0.717, 1.165) is 9.20 Å². The van der Waals surface area contributed by atoms with E-state index in [-0.39, 0.29) is 17.4 Å². The largest absolute Gasteiger partial charge is 0.324 e. The van der Waals surface area contributed by atoms with Crippen LogP contribution in [-0.4, -0.2) is 43.0 Å². The van der Waals surface area contributed by atoms with Crippen molar-refractivity contribution in [2.24, 2.45) is 5.92 Å². The quantitative estimate of drug-likeness (QED) is 0.678. The third-order valence-electron chi connectivity index (χ3n) is 3.58. The zero-order valence-electron chi connectivity index (χ0n) is 15.0. The Kier molecular flexibility index (Phi) is 7.36. The van der Waals surface area contributed by atoms with Crippen molar-refractivity contribution in [3.05, 3.63) is 48.8 Å². The first-order valence-corrected chi connectivity index (χ1v) is 10.5. The number of benzene rings is 1. The normalized spacial score (nSPS) is 12.4. The van der Waals surface area contributed by atoms with E-state index in [2.05, 4.69) is 16.4 Å². The molecule has 0 spiro atoms. The van der Waals surface area contributed by atoms with Gasteiger partial charge in [-0.1, -0.05) is 12.1 Å². The van der Waals surface area contributed by atoms with Crippen molar-refractivity contribution in [3.63, 3.8) is 0 Å². The summed E-state index contributed by atoms with van der Waals surface area (Å²) in [7, 11) is -2.45. The third kappa shape index (κ3) is 5.79. The van der Waals surface area contributed by atoms with E-state index < -0.39 is 15.9 Å². The van der Waals surface area contributed by atoms with Crippen molar-refractivity contribution < 1.29 is 13.2 Å². The predicted octanol–water partition coefficient (Wildman–Crippen LogP) is 2.59. The standard InChI is InChI=1S/C18H20N4O3S2/c1-14(10-19)13-26-17-8-4-3-7-16(17)21-18(23)12-22(2)27(24,25)15-6-5-9-20-11-15/h3-9,11,14H,12-13H2,1-2H3,(H,21,23)/t14-/m0/s1. The van der Waals surface area contributed by atoms with Gasteiger partial charge in [-0.05, 0) is 31.2 Å². The number of amides is 1. The fourth-order valence-corrected chi connectivity index (χ4v) is 4.15. The monoisotopic (exact) mass is 404 g/mol. The summed E-state index contributed by atoms with van der Waals surface area (Å²) in [5.41, 5.74) is 0.588. The number of nitriles is 1.